The molecule has 0 spiro atoms. The second kappa shape index (κ2) is 4.37. The van der Waals surface area contributed by atoms with Crippen LogP contribution in [-0.4, -0.2) is 18.7 Å². The average Bonchev–Trinajstić information content (AvgIpc) is 2.09. The Morgan fingerprint density at radius 2 is 2.42 bits per heavy atom. The third kappa shape index (κ3) is 2.60. The summed E-state index contributed by atoms with van der Waals surface area (Å²) < 4.78 is 4.76. The Hall–Kier alpha value is -1.53. The van der Waals surface area contributed by atoms with Gasteiger partial charge in [0.25, 0.3) is 0 Å². The zero-order valence-corrected chi connectivity index (χ0v) is 6.87. The number of pyridine rings is 1. The molecule has 0 bridgehead atoms. The van der Waals surface area contributed by atoms with Crippen molar-refractivity contribution in [1.29, 1.82) is 0 Å². The van der Waals surface area contributed by atoms with Gasteiger partial charge in [-0.1, -0.05) is 5.92 Å². The van der Waals surface area contributed by atoms with E-state index in [2.05, 4.69) is 16.8 Å². The lowest BCUT2D eigenvalue weighted by Gasteiger charge is -1.90. The maximum atomic E-state index is 5.45. The van der Waals surface area contributed by atoms with Gasteiger partial charge in [0, 0.05) is 7.11 Å². The third-order valence-electron chi connectivity index (χ3n) is 1.22. The maximum Gasteiger partial charge on any atom is 0.113 e. The molecule has 62 valence electrons. The van der Waals surface area contributed by atoms with Gasteiger partial charge in [0.2, 0.25) is 0 Å². The minimum Gasteiger partial charge on any atom is -0.397 e. The van der Waals surface area contributed by atoms with Crippen molar-refractivity contribution in [2.75, 3.05) is 19.5 Å². The highest BCUT2D eigenvalue weighted by atomic mass is 16.5. The molecule has 0 aromatic carbocycles. The first-order chi connectivity index (χ1) is 5.83. The van der Waals surface area contributed by atoms with Crippen LogP contribution in [0.3, 0.4) is 0 Å². The van der Waals surface area contributed by atoms with E-state index in [4.69, 9.17) is 10.5 Å². The topological polar surface area (TPSA) is 48.1 Å². The van der Waals surface area contributed by atoms with Crippen molar-refractivity contribution in [3.63, 3.8) is 0 Å². The van der Waals surface area contributed by atoms with Crippen LogP contribution >= 0.6 is 0 Å². The fourth-order valence-corrected chi connectivity index (χ4v) is 0.678. The van der Waals surface area contributed by atoms with Gasteiger partial charge in [-0.15, -0.1) is 0 Å². The molecule has 3 heteroatoms. The van der Waals surface area contributed by atoms with Gasteiger partial charge in [-0.3, -0.25) is 0 Å². The van der Waals surface area contributed by atoms with E-state index < -0.39 is 0 Å². The molecule has 0 atom stereocenters. The van der Waals surface area contributed by atoms with E-state index in [0.29, 0.717) is 18.0 Å². The van der Waals surface area contributed by atoms with Gasteiger partial charge in [0.1, 0.15) is 12.3 Å². The molecule has 0 aliphatic rings. The highest BCUT2D eigenvalue weighted by molar-refractivity contribution is 5.38. The van der Waals surface area contributed by atoms with Gasteiger partial charge >= 0.3 is 0 Å². The first-order valence-electron chi connectivity index (χ1n) is 3.52. The highest BCUT2D eigenvalue weighted by Gasteiger charge is 1.86. The van der Waals surface area contributed by atoms with Crippen LogP contribution in [0.2, 0.25) is 0 Å². The second-order valence-corrected chi connectivity index (χ2v) is 2.21. The molecule has 0 aliphatic carbocycles. The Labute approximate surface area is 71.6 Å². The standard InChI is InChI=1S/C9H10N2O/c1-12-6-2-3-9-5-4-8(10)7-11-9/h4-5,7H,6,10H2,1H3. The Morgan fingerprint density at radius 3 is 3.00 bits per heavy atom. The normalized spacial score (nSPS) is 8.75. The summed E-state index contributed by atoms with van der Waals surface area (Å²) in [5.41, 5.74) is 6.80. The predicted molar refractivity (Wildman–Crippen MR) is 47.4 cm³/mol. The second-order valence-electron chi connectivity index (χ2n) is 2.21. The first-order valence-corrected chi connectivity index (χ1v) is 3.52. The molecule has 1 heterocycles. The van der Waals surface area contributed by atoms with Crippen molar-refractivity contribution in [2.45, 2.75) is 0 Å². The Balaban J connectivity index is 2.66. The Bertz CT molecular complexity index is 295. The monoisotopic (exact) mass is 162 g/mol. The van der Waals surface area contributed by atoms with Crippen LogP contribution in [0.15, 0.2) is 18.3 Å². The van der Waals surface area contributed by atoms with E-state index in [1.165, 1.54) is 0 Å². The molecule has 0 aliphatic heterocycles. The van der Waals surface area contributed by atoms with E-state index in [9.17, 15) is 0 Å². The van der Waals surface area contributed by atoms with Crippen molar-refractivity contribution >= 4 is 5.69 Å². The molecule has 1 aromatic heterocycles. The minimum absolute atomic E-state index is 0.423. The van der Waals surface area contributed by atoms with Crippen LogP contribution in [0, 0.1) is 11.8 Å². The Morgan fingerprint density at radius 1 is 1.58 bits per heavy atom. The number of nitrogen functional groups attached to an aromatic ring is 1. The van der Waals surface area contributed by atoms with Crippen LogP contribution in [0.25, 0.3) is 0 Å². The van der Waals surface area contributed by atoms with Crippen molar-refractivity contribution in [3.8, 4) is 11.8 Å². The number of hydrogen-bond acceptors (Lipinski definition) is 3. The van der Waals surface area contributed by atoms with E-state index in [-0.39, 0.29) is 0 Å². The predicted octanol–water partition coefficient (Wildman–Crippen LogP) is 0.662. The largest absolute Gasteiger partial charge is 0.397 e. The van der Waals surface area contributed by atoms with Crippen molar-refractivity contribution in [3.05, 3.63) is 24.0 Å². The molecule has 1 aromatic rings. The summed E-state index contributed by atoms with van der Waals surface area (Å²) in [6.45, 7) is 0.423. The first kappa shape index (κ1) is 8.57. The molecule has 0 unspecified atom stereocenters. The van der Waals surface area contributed by atoms with E-state index in [1.54, 1.807) is 25.4 Å². The van der Waals surface area contributed by atoms with Crippen LogP contribution in [0.4, 0.5) is 5.69 Å². The Kier molecular flexibility index (Phi) is 3.12. The average molecular weight is 162 g/mol. The molecule has 2 N–H and O–H groups in total. The summed E-state index contributed by atoms with van der Waals surface area (Å²) in [6, 6.07) is 3.54. The van der Waals surface area contributed by atoms with Crippen LogP contribution in [0.1, 0.15) is 5.69 Å². The minimum atomic E-state index is 0.423. The SMILES string of the molecule is COCC#Cc1ccc(N)cn1. The summed E-state index contributed by atoms with van der Waals surface area (Å²) >= 11 is 0. The number of ether oxygens (including phenoxy) is 1. The number of nitrogens with zero attached hydrogens (tertiary/aromatic N) is 1. The fraction of sp³-hybridized carbons (Fsp3) is 0.222. The molecule has 0 fully saturated rings. The third-order valence-corrected chi connectivity index (χ3v) is 1.22. The van der Waals surface area contributed by atoms with Crippen LogP contribution < -0.4 is 5.73 Å². The molecule has 3 nitrogen and oxygen atoms in total. The maximum absolute atomic E-state index is 5.45. The fourth-order valence-electron chi connectivity index (χ4n) is 0.678. The van der Waals surface area contributed by atoms with Crippen molar-refractivity contribution < 1.29 is 4.74 Å². The van der Waals surface area contributed by atoms with E-state index in [1.807, 2.05) is 0 Å². The summed E-state index contributed by atoms with van der Waals surface area (Å²) in [4.78, 5) is 4.00. The van der Waals surface area contributed by atoms with Gasteiger partial charge in [-0.25, -0.2) is 4.98 Å². The quantitative estimate of drug-likeness (QED) is 0.617. The lowest BCUT2D eigenvalue weighted by atomic mass is 10.3. The summed E-state index contributed by atoms with van der Waals surface area (Å²) in [5.74, 6) is 5.63. The van der Waals surface area contributed by atoms with Gasteiger partial charge in [0.05, 0.1) is 11.9 Å². The van der Waals surface area contributed by atoms with E-state index >= 15 is 0 Å². The smallest absolute Gasteiger partial charge is 0.113 e. The lowest BCUT2D eigenvalue weighted by Crippen LogP contribution is -1.88. The molecule has 0 radical (unpaired) electrons. The summed E-state index contributed by atoms with van der Waals surface area (Å²) in [5, 5.41) is 0. The number of rotatable bonds is 1. The molecular weight excluding hydrogens is 152 g/mol. The van der Waals surface area contributed by atoms with Gasteiger partial charge < -0.3 is 10.5 Å². The van der Waals surface area contributed by atoms with Crippen molar-refractivity contribution in [2.24, 2.45) is 0 Å². The number of aromatic nitrogens is 1. The number of nitrogens with two attached hydrogens (primary N) is 1. The van der Waals surface area contributed by atoms with Crippen molar-refractivity contribution in [1.82, 2.24) is 4.98 Å². The summed E-state index contributed by atoms with van der Waals surface area (Å²) in [7, 11) is 1.60. The van der Waals surface area contributed by atoms with E-state index in [0.717, 1.165) is 0 Å². The zero-order chi connectivity index (χ0) is 8.81. The molecule has 0 saturated carbocycles. The molecule has 1 rings (SSSR count). The number of anilines is 1. The molecule has 12 heavy (non-hydrogen) atoms. The molecule has 0 saturated heterocycles. The highest BCUT2D eigenvalue weighted by Crippen LogP contribution is 1.98. The lowest BCUT2D eigenvalue weighted by molar-refractivity contribution is 0.240. The van der Waals surface area contributed by atoms with Crippen LogP contribution in [-0.2, 0) is 4.74 Å². The molecular formula is C9H10N2O. The summed E-state index contributed by atoms with van der Waals surface area (Å²) in [6.07, 6.45) is 1.58. The number of hydrogen-bond donors (Lipinski definition) is 1. The van der Waals surface area contributed by atoms with Gasteiger partial charge in [0.15, 0.2) is 0 Å². The van der Waals surface area contributed by atoms with Crippen LogP contribution in [0.5, 0.6) is 0 Å². The van der Waals surface area contributed by atoms with Gasteiger partial charge in [-0.2, -0.15) is 0 Å². The van der Waals surface area contributed by atoms with Gasteiger partial charge in [-0.05, 0) is 18.1 Å². The number of methoxy groups -OCH3 is 1. The molecule has 0 amide bonds. The zero-order valence-electron chi connectivity index (χ0n) is 6.87.